The van der Waals surface area contributed by atoms with Gasteiger partial charge in [0.15, 0.2) is 0 Å². The largest absolute Gasteiger partial charge is 0.335 e. The van der Waals surface area contributed by atoms with E-state index in [1.165, 1.54) is 0 Å². The molecular formula is C26H37N2OS+. The molecule has 30 heavy (non-hydrogen) atoms. The lowest BCUT2D eigenvalue weighted by molar-refractivity contribution is 0.101. The highest BCUT2D eigenvalue weighted by atomic mass is 32.2. The zero-order chi connectivity index (χ0) is 22.7. The molecule has 0 radical (unpaired) electrons. The summed E-state index contributed by atoms with van der Waals surface area (Å²) >= 11 is 0. The summed E-state index contributed by atoms with van der Waals surface area (Å²) in [5, 5.41) is 2.21. The molecule has 0 aliphatic carbocycles. The molecule has 4 heteroatoms. The second kappa shape index (κ2) is 12.5. The van der Waals surface area contributed by atoms with Crippen molar-refractivity contribution in [2.75, 3.05) is 13.4 Å². The maximum absolute atomic E-state index is 5.57. The Kier molecular flexibility index (Phi) is 10.8. The number of rotatable bonds is 5. The average Bonchev–Trinajstić information content (AvgIpc) is 2.80. The fourth-order valence-electron chi connectivity index (χ4n) is 2.61. The standard InChI is InChI=1S/C22H25N2OS.2C2H6/c1-16-21(18-9-7-6-8-10-18)24-19-12-11-17(15-20(19)23-16)13-14-26(5)22(2,3)25-4;2*1-2/h6-15H,1-5H3;2*1-2H3/q+1;;/b14-13+;;. The van der Waals surface area contributed by atoms with E-state index in [4.69, 9.17) is 14.7 Å². The molecule has 0 saturated heterocycles. The molecule has 0 aliphatic rings. The van der Waals surface area contributed by atoms with Gasteiger partial charge in [-0.15, -0.1) is 0 Å². The van der Waals surface area contributed by atoms with E-state index in [0.29, 0.717) is 0 Å². The molecule has 1 atom stereocenters. The minimum Gasteiger partial charge on any atom is -0.335 e. The summed E-state index contributed by atoms with van der Waals surface area (Å²) in [6, 6.07) is 16.4. The van der Waals surface area contributed by atoms with E-state index >= 15 is 0 Å². The maximum Gasteiger partial charge on any atom is 0.226 e. The number of aryl methyl sites for hydroxylation is 1. The van der Waals surface area contributed by atoms with Crippen molar-refractivity contribution in [1.29, 1.82) is 0 Å². The minimum absolute atomic E-state index is 0.0136. The van der Waals surface area contributed by atoms with Crippen molar-refractivity contribution in [2.45, 2.75) is 53.4 Å². The van der Waals surface area contributed by atoms with Gasteiger partial charge >= 0.3 is 0 Å². The number of benzene rings is 2. The van der Waals surface area contributed by atoms with Crippen molar-refractivity contribution in [2.24, 2.45) is 0 Å². The molecule has 0 aliphatic heterocycles. The number of aromatic nitrogens is 2. The highest BCUT2D eigenvalue weighted by Gasteiger charge is 2.32. The van der Waals surface area contributed by atoms with Crippen molar-refractivity contribution in [3.8, 4) is 11.3 Å². The Balaban J connectivity index is 0.00000106. The van der Waals surface area contributed by atoms with Crippen LogP contribution in [-0.4, -0.2) is 28.3 Å². The van der Waals surface area contributed by atoms with E-state index in [1.807, 2.05) is 58.9 Å². The summed E-state index contributed by atoms with van der Waals surface area (Å²) in [6.07, 6.45) is 4.34. The molecule has 0 bridgehead atoms. The molecular weight excluding hydrogens is 388 g/mol. The minimum atomic E-state index is -0.158. The van der Waals surface area contributed by atoms with Crippen LogP contribution in [0.1, 0.15) is 52.8 Å². The molecule has 0 fully saturated rings. The Morgan fingerprint density at radius 3 is 2.13 bits per heavy atom. The molecule has 2 aromatic carbocycles. The number of ether oxygens (including phenoxy) is 1. The van der Waals surface area contributed by atoms with Gasteiger partial charge in [0.05, 0.1) is 22.4 Å². The number of fused-ring (bicyclic) bond motifs is 1. The monoisotopic (exact) mass is 425 g/mol. The van der Waals surface area contributed by atoms with Gasteiger partial charge in [-0.1, -0.05) is 64.1 Å². The molecule has 3 nitrogen and oxygen atoms in total. The Morgan fingerprint density at radius 1 is 0.900 bits per heavy atom. The van der Waals surface area contributed by atoms with Gasteiger partial charge in [-0.2, -0.15) is 0 Å². The van der Waals surface area contributed by atoms with Gasteiger partial charge in [0.1, 0.15) is 11.7 Å². The SMILES string of the molecule is CC.CC.COC(C)(C)[S+](C)/C=C/c1ccc2nc(-c3ccccc3)c(C)nc2c1. The van der Waals surface area contributed by atoms with Gasteiger partial charge in [-0.25, -0.2) is 9.97 Å². The lowest BCUT2D eigenvalue weighted by Crippen LogP contribution is -2.31. The van der Waals surface area contributed by atoms with E-state index in [1.54, 1.807) is 7.11 Å². The van der Waals surface area contributed by atoms with Gasteiger partial charge in [0.25, 0.3) is 0 Å². The van der Waals surface area contributed by atoms with Crippen LogP contribution < -0.4 is 0 Å². The summed E-state index contributed by atoms with van der Waals surface area (Å²) in [5.41, 5.74) is 5.95. The molecule has 0 spiro atoms. The summed E-state index contributed by atoms with van der Waals surface area (Å²) < 4.78 is 5.57. The van der Waals surface area contributed by atoms with Crippen LogP contribution in [0.25, 0.3) is 28.4 Å². The van der Waals surface area contributed by atoms with Gasteiger partial charge < -0.3 is 4.74 Å². The molecule has 1 unspecified atom stereocenters. The Bertz CT molecular complexity index is 936. The zero-order valence-corrected chi connectivity index (χ0v) is 20.8. The van der Waals surface area contributed by atoms with Gasteiger partial charge in [0, 0.05) is 37.4 Å². The van der Waals surface area contributed by atoms with Crippen LogP contribution in [0, 0.1) is 6.92 Å². The molecule has 162 valence electrons. The quantitative estimate of drug-likeness (QED) is 0.403. The Hall–Kier alpha value is -2.17. The van der Waals surface area contributed by atoms with Crippen LogP contribution in [0.3, 0.4) is 0 Å². The van der Waals surface area contributed by atoms with Crippen LogP contribution in [0.4, 0.5) is 0 Å². The third-order valence-corrected chi connectivity index (χ3v) is 6.90. The van der Waals surface area contributed by atoms with Crippen molar-refractivity contribution >= 4 is 28.0 Å². The zero-order valence-electron chi connectivity index (χ0n) is 20.0. The normalized spacial score (nSPS) is 12.0. The molecule has 3 aromatic rings. The smallest absolute Gasteiger partial charge is 0.226 e. The number of nitrogens with zero attached hydrogens (tertiary/aromatic N) is 2. The summed E-state index contributed by atoms with van der Waals surface area (Å²) in [4.78, 5) is 9.46. The van der Waals surface area contributed by atoms with Gasteiger partial charge in [-0.05, 0) is 30.7 Å². The van der Waals surface area contributed by atoms with Crippen LogP contribution >= 0.6 is 0 Å². The van der Waals surface area contributed by atoms with E-state index < -0.39 is 0 Å². The highest BCUT2D eigenvalue weighted by Crippen LogP contribution is 2.24. The first kappa shape index (κ1) is 25.9. The predicted molar refractivity (Wildman–Crippen MR) is 136 cm³/mol. The molecule has 0 N–H and O–H groups in total. The predicted octanol–water partition coefficient (Wildman–Crippen LogP) is 7.26. The van der Waals surface area contributed by atoms with Crippen molar-refractivity contribution in [1.82, 2.24) is 9.97 Å². The first-order valence-electron chi connectivity index (χ1n) is 10.6. The fraction of sp³-hybridized carbons (Fsp3) is 0.385. The van der Waals surface area contributed by atoms with Crippen molar-refractivity contribution in [3.63, 3.8) is 0 Å². The number of hydrogen-bond acceptors (Lipinski definition) is 3. The van der Waals surface area contributed by atoms with Crippen LogP contribution in [-0.2, 0) is 15.6 Å². The molecule has 0 saturated carbocycles. The maximum atomic E-state index is 5.57. The second-order valence-corrected chi connectivity index (χ2v) is 9.11. The summed E-state index contributed by atoms with van der Waals surface area (Å²) in [6.45, 7) is 14.2. The molecule has 0 amide bonds. The Morgan fingerprint density at radius 2 is 1.53 bits per heavy atom. The van der Waals surface area contributed by atoms with Crippen LogP contribution in [0.2, 0.25) is 0 Å². The first-order valence-corrected chi connectivity index (χ1v) is 12.3. The van der Waals surface area contributed by atoms with E-state index in [-0.39, 0.29) is 15.8 Å². The van der Waals surface area contributed by atoms with Gasteiger partial charge in [0.2, 0.25) is 4.93 Å². The van der Waals surface area contributed by atoms with Crippen LogP contribution in [0.15, 0.2) is 53.9 Å². The average molecular weight is 426 g/mol. The van der Waals surface area contributed by atoms with E-state index in [0.717, 1.165) is 33.5 Å². The molecule has 1 aromatic heterocycles. The molecule has 3 rings (SSSR count). The number of hydrogen-bond donors (Lipinski definition) is 0. The van der Waals surface area contributed by atoms with Gasteiger partial charge in [-0.3, -0.25) is 0 Å². The summed E-state index contributed by atoms with van der Waals surface area (Å²) in [7, 11) is 1.77. The van der Waals surface area contributed by atoms with E-state index in [2.05, 4.69) is 55.9 Å². The third kappa shape index (κ3) is 6.68. The van der Waals surface area contributed by atoms with Crippen molar-refractivity contribution in [3.05, 3.63) is 65.2 Å². The lowest BCUT2D eigenvalue weighted by atomic mass is 10.1. The van der Waals surface area contributed by atoms with Crippen LogP contribution in [0.5, 0.6) is 0 Å². The third-order valence-electron chi connectivity index (χ3n) is 4.64. The fourth-order valence-corrected chi connectivity index (χ4v) is 3.56. The summed E-state index contributed by atoms with van der Waals surface area (Å²) in [5.74, 6) is 0. The second-order valence-electron chi connectivity index (χ2n) is 6.74. The lowest BCUT2D eigenvalue weighted by Gasteiger charge is -2.18. The highest BCUT2D eigenvalue weighted by molar-refractivity contribution is 8.00. The first-order chi connectivity index (χ1) is 14.4. The topological polar surface area (TPSA) is 35.0 Å². The molecule has 1 heterocycles. The Labute approximate surface area is 186 Å². The van der Waals surface area contributed by atoms with Crippen molar-refractivity contribution < 1.29 is 4.74 Å². The number of methoxy groups -OCH3 is 1. The van der Waals surface area contributed by atoms with E-state index in [9.17, 15) is 0 Å².